The van der Waals surface area contributed by atoms with E-state index in [1.165, 1.54) is 0 Å². The molecule has 0 spiro atoms. The van der Waals surface area contributed by atoms with Gasteiger partial charge in [0, 0.05) is 37.6 Å². The Bertz CT molecular complexity index is 866. The molecular weight excluding hydrogens is 332 g/mol. The number of fused-ring (bicyclic) bond motifs is 1. The van der Waals surface area contributed by atoms with Crippen LogP contribution in [0.4, 0.5) is 11.8 Å². The van der Waals surface area contributed by atoms with Crippen LogP contribution in [0.2, 0.25) is 0 Å². The highest BCUT2D eigenvalue weighted by atomic mass is 16.4. The molecular formula is C18H22N6O2. The topological polar surface area (TPSA) is 91.4 Å². The van der Waals surface area contributed by atoms with E-state index in [4.69, 9.17) is 4.42 Å². The van der Waals surface area contributed by atoms with Crippen LogP contribution in [0.15, 0.2) is 35.0 Å². The minimum absolute atomic E-state index is 0.193. The second kappa shape index (κ2) is 6.53. The third-order valence-electron chi connectivity index (χ3n) is 4.64. The highest BCUT2D eigenvalue weighted by molar-refractivity contribution is 5.69. The second-order valence-electron chi connectivity index (χ2n) is 6.78. The number of piperazine rings is 1. The quantitative estimate of drug-likeness (QED) is 0.765. The number of aliphatic hydroxyl groups excluding tert-OH is 1. The van der Waals surface area contributed by atoms with Gasteiger partial charge in [0.25, 0.3) is 6.01 Å². The van der Waals surface area contributed by atoms with Gasteiger partial charge in [-0.05, 0) is 39.0 Å². The molecule has 0 bridgehead atoms. The van der Waals surface area contributed by atoms with Crippen molar-refractivity contribution >= 4 is 23.1 Å². The lowest BCUT2D eigenvalue weighted by Crippen LogP contribution is -2.57. The van der Waals surface area contributed by atoms with Crippen LogP contribution in [0.3, 0.4) is 0 Å². The Hall–Kier alpha value is -2.74. The molecule has 1 saturated heterocycles. The Kier molecular flexibility index (Phi) is 4.20. The molecule has 136 valence electrons. The molecule has 4 heterocycles. The summed E-state index contributed by atoms with van der Waals surface area (Å²) in [5.41, 5.74) is 1.32. The van der Waals surface area contributed by atoms with E-state index in [1.54, 1.807) is 19.3 Å². The molecule has 3 aromatic heterocycles. The highest BCUT2D eigenvalue weighted by Crippen LogP contribution is 2.28. The maximum Gasteiger partial charge on any atom is 0.300 e. The van der Waals surface area contributed by atoms with Gasteiger partial charge in [0.1, 0.15) is 11.9 Å². The summed E-state index contributed by atoms with van der Waals surface area (Å²) < 4.78 is 5.87. The number of pyridine rings is 1. The molecule has 0 aromatic carbocycles. The first-order valence-corrected chi connectivity index (χ1v) is 8.79. The summed E-state index contributed by atoms with van der Waals surface area (Å²) in [4.78, 5) is 21.8. The summed E-state index contributed by atoms with van der Waals surface area (Å²) in [6, 6.07) is 6.59. The van der Waals surface area contributed by atoms with Crippen LogP contribution in [0, 0.1) is 0 Å². The van der Waals surface area contributed by atoms with E-state index in [0.717, 1.165) is 18.9 Å². The Morgan fingerprint density at radius 2 is 1.88 bits per heavy atom. The minimum Gasteiger partial charge on any atom is -0.422 e. The monoisotopic (exact) mass is 354 g/mol. The number of aliphatic hydroxyl groups is 1. The molecule has 3 atom stereocenters. The lowest BCUT2D eigenvalue weighted by molar-refractivity contribution is 0.189. The molecule has 0 radical (unpaired) electrons. The van der Waals surface area contributed by atoms with Crippen molar-refractivity contribution in [2.24, 2.45) is 0 Å². The van der Waals surface area contributed by atoms with Crippen LogP contribution in [0.1, 0.15) is 32.7 Å². The third-order valence-corrected chi connectivity index (χ3v) is 4.64. The normalized spacial score (nSPS) is 22.0. The van der Waals surface area contributed by atoms with Crippen molar-refractivity contribution in [3.8, 4) is 0 Å². The van der Waals surface area contributed by atoms with Crippen molar-refractivity contribution in [3.63, 3.8) is 0 Å². The van der Waals surface area contributed by atoms with Crippen LogP contribution in [0.5, 0.6) is 0 Å². The van der Waals surface area contributed by atoms with Crippen molar-refractivity contribution in [2.45, 2.75) is 39.0 Å². The molecule has 1 aliphatic heterocycles. The molecule has 1 N–H and O–H groups in total. The summed E-state index contributed by atoms with van der Waals surface area (Å²) in [7, 11) is 0. The maximum absolute atomic E-state index is 9.76. The zero-order valence-electron chi connectivity index (χ0n) is 15.1. The zero-order valence-corrected chi connectivity index (χ0v) is 15.1. The van der Waals surface area contributed by atoms with Gasteiger partial charge in [0.15, 0.2) is 11.4 Å². The van der Waals surface area contributed by atoms with Crippen molar-refractivity contribution in [1.82, 2.24) is 19.9 Å². The summed E-state index contributed by atoms with van der Waals surface area (Å²) in [6.07, 6.45) is 2.73. The maximum atomic E-state index is 9.76. The van der Waals surface area contributed by atoms with Crippen LogP contribution >= 0.6 is 0 Å². The van der Waals surface area contributed by atoms with Crippen LogP contribution in [-0.2, 0) is 0 Å². The predicted octanol–water partition coefficient (Wildman–Crippen LogP) is 2.17. The number of aromatic nitrogens is 4. The van der Waals surface area contributed by atoms with E-state index in [-0.39, 0.29) is 12.1 Å². The average Bonchev–Trinajstić information content (AvgIpc) is 3.05. The first kappa shape index (κ1) is 16.7. The summed E-state index contributed by atoms with van der Waals surface area (Å²) in [5.74, 6) is 1.27. The second-order valence-corrected chi connectivity index (χ2v) is 6.78. The fourth-order valence-corrected chi connectivity index (χ4v) is 3.53. The number of rotatable bonds is 3. The molecule has 0 unspecified atom stereocenters. The fourth-order valence-electron chi connectivity index (χ4n) is 3.53. The lowest BCUT2D eigenvalue weighted by atomic mass is 10.1. The SMILES string of the molecule is C[C@@H]1CN(c2nc3ncccc3o2)C[C@H](C)N1c1ccnc([C@@H](C)O)n1. The Labute approximate surface area is 151 Å². The zero-order chi connectivity index (χ0) is 18.3. The molecule has 1 fully saturated rings. The molecule has 26 heavy (non-hydrogen) atoms. The number of oxazole rings is 1. The number of anilines is 2. The van der Waals surface area contributed by atoms with Crippen molar-refractivity contribution in [1.29, 1.82) is 0 Å². The molecule has 8 heteroatoms. The van der Waals surface area contributed by atoms with Crippen LogP contribution in [0.25, 0.3) is 11.2 Å². The summed E-state index contributed by atoms with van der Waals surface area (Å²) in [5, 5.41) is 9.76. The van der Waals surface area contributed by atoms with Gasteiger partial charge < -0.3 is 19.3 Å². The van der Waals surface area contributed by atoms with E-state index in [0.29, 0.717) is 23.1 Å². The Morgan fingerprint density at radius 3 is 2.58 bits per heavy atom. The van der Waals surface area contributed by atoms with E-state index in [2.05, 4.69) is 43.6 Å². The first-order chi connectivity index (χ1) is 12.5. The first-order valence-electron chi connectivity index (χ1n) is 8.79. The number of hydrogen-bond donors (Lipinski definition) is 1. The summed E-state index contributed by atoms with van der Waals surface area (Å²) in [6.45, 7) is 7.48. The van der Waals surface area contributed by atoms with Gasteiger partial charge in [-0.15, -0.1) is 0 Å². The lowest BCUT2D eigenvalue weighted by Gasteiger charge is -2.44. The fraction of sp³-hybridized carbons (Fsp3) is 0.444. The molecule has 0 aliphatic carbocycles. The van der Waals surface area contributed by atoms with Gasteiger partial charge in [0.2, 0.25) is 5.65 Å². The van der Waals surface area contributed by atoms with E-state index >= 15 is 0 Å². The van der Waals surface area contributed by atoms with Gasteiger partial charge >= 0.3 is 0 Å². The van der Waals surface area contributed by atoms with Gasteiger partial charge in [-0.1, -0.05) is 0 Å². The third kappa shape index (κ3) is 2.96. The molecule has 0 saturated carbocycles. The van der Waals surface area contributed by atoms with Gasteiger partial charge in [-0.3, -0.25) is 0 Å². The largest absolute Gasteiger partial charge is 0.422 e. The molecule has 1 aliphatic rings. The predicted molar refractivity (Wildman–Crippen MR) is 98.1 cm³/mol. The standard InChI is InChI=1S/C18H22N6O2/c1-11-9-23(18-22-17-14(26-18)5-4-7-19-17)10-12(2)24(11)15-6-8-20-16(21-15)13(3)25/h4-8,11-13,25H,9-10H2,1-3H3/t11-,12+,13-/m1/s1. The van der Waals surface area contributed by atoms with Crippen molar-refractivity contribution < 1.29 is 9.52 Å². The minimum atomic E-state index is -0.686. The van der Waals surface area contributed by atoms with Crippen LogP contribution in [-0.4, -0.2) is 50.2 Å². The smallest absolute Gasteiger partial charge is 0.300 e. The van der Waals surface area contributed by atoms with Gasteiger partial charge in [-0.2, -0.15) is 4.98 Å². The summed E-state index contributed by atoms with van der Waals surface area (Å²) >= 11 is 0. The molecule has 8 nitrogen and oxygen atoms in total. The molecule has 0 amide bonds. The van der Waals surface area contributed by atoms with Gasteiger partial charge in [0.05, 0.1) is 0 Å². The van der Waals surface area contributed by atoms with E-state index < -0.39 is 6.10 Å². The van der Waals surface area contributed by atoms with Crippen molar-refractivity contribution in [3.05, 3.63) is 36.4 Å². The van der Waals surface area contributed by atoms with E-state index in [9.17, 15) is 5.11 Å². The Balaban J connectivity index is 1.58. The highest BCUT2D eigenvalue weighted by Gasteiger charge is 2.32. The average molecular weight is 354 g/mol. The molecule has 4 rings (SSSR count). The van der Waals surface area contributed by atoms with E-state index in [1.807, 2.05) is 18.2 Å². The molecule has 3 aromatic rings. The van der Waals surface area contributed by atoms with Crippen molar-refractivity contribution in [2.75, 3.05) is 22.9 Å². The van der Waals surface area contributed by atoms with Crippen LogP contribution < -0.4 is 9.80 Å². The number of hydrogen-bond acceptors (Lipinski definition) is 8. The Morgan fingerprint density at radius 1 is 1.12 bits per heavy atom. The number of nitrogens with zero attached hydrogens (tertiary/aromatic N) is 6. The van der Waals surface area contributed by atoms with Gasteiger partial charge in [-0.25, -0.2) is 15.0 Å².